The SMILES string of the molecule is CC(C)c1nnc2n1CCC2CCN1CCC(n2ccc3ccccc32)C1. The van der Waals surface area contributed by atoms with Gasteiger partial charge in [0.2, 0.25) is 0 Å². The summed E-state index contributed by atoms with van der Waals surface area (Å²) in [4.78, 5) is 2.64. The second-order valence-corrected chi connectivity index (χ2v) is 8.52. The molecule has 5 rings (SSSR count). The highest BCUT2D eigenvalue weighted by atomic mass is 15.3. The van der Waals surface area contributed by atoms with Crippen LogP contribution in [-0.4, -0.2) is 43.9 Å². The summed E-state index contributed by atoms with van der Waals surface area (Å²) in [6.45, 7) is 9.05. The van der Waals surface area contributed by atoms with E-state index in [4.69, 9.17) is 0 Å². The second kappa shape index (κ2) is 6.79. The zero-order valence-corrected chi connectivity index (χ0v) is 16.4. The van der Waals surface area contributed by atoms with E-state index in [2.05, 4.69) is 74.6 Å². The Labute approximate surface area is 161 Å². The van der Waals surface area contributed by atoms with Crippen molar-refractivity contribution in [3.8, 4) is 0 Å². The first kappa shape index (κ1) is 17.0. The lowest BCUT2D eigenvalue weighted by Crippen LogP contribution is -2.24. The van der Waals surface area contributed by atoms with Crippen molar-refractivity contribution in [2.24, 2.45) is 0 Å². The first-order valence-corrected chi connectivity index (χ1v) is 10.4. The van der Waals surface area contributed by atoms with Crippen molar-refractivity contribution in [3.05, 3.63) is 48.2 Å². The molecule has 2 aromatic heterocycles. The second-order valence-electron chi connectivity index (χ2n) is 8.52. The summed E-state index contributed by atoms with van der Waals surface area (Å²) in [6.07, 6.45) is 5.95. The van der Waals surface area contributed by atoms with Gasteiger partial charge >= 0.3 is 0 Å². The van der Waals surface area contributed by atoms with Gasteiger partial charge < -0.3 is 14.0 Å². The Morgan fingerprint density at radius 3 is 2.85 bits per heavy atom. The van der Waals surface area contributed by atoms with Crippen molar-refractivity contribution in [1.29, 1.82) is 0 Å². The monoisotopic (exact) mass is 363 g/mol. The molecular weight excluding hydrogens is 334 g/mol. The van der Waals surface area contributed by atoms with Crippen LogP contribution in [0.3, 0.4) is 0 Å². The number of aromatic nitrogens is 4. The van der Waals surface area contributed by atoms with Gasteiger partial charge in [-0.3, -0.25) is 0 Å². The van der Waals surface area contributed by atoms with Crippen molar-refractivity contribution in [3.63, 3.8) is 0 Å². The van der Waals surface area contributed by atoms with Crippen LogP contribution < -0.4 is 0 Å². The third-order valence-corrected chi connectivity index (χ3v) is 6.46. The van der Waals surface area contributed by atoms with Crippen LogP contribution in [0, 0.1) is 0 Å². The Hall–Kier alpha value is -2.14. The van der Waals surface area contributed by atoms with Gasteiger partial charge in [-0.1, -0.05) is 32.0 Å². The highest BCUT2D eigenvalue weighted by Crippen LogP contribution is 2.33. The minimum absolute atomic E-state index is 0.459. The highest BCUT2D eigenvalue weighted by molar-refractivity contribution is 5.80. The molecule has 142 valence electrons. The van der Waals surface area contributed by atoms with Crippen molar-refractivity contribution in [2.75, 3.05) is 19.6 Å². The van der Waals surface area contributed by atoms with Crippen LogP contribution in [0.25, 0.3) is 10.9 Å². The maximum absolute atomic E-state index is 4.52. The fourth-order valence-electron chi connectivity index (χ4n) is 4.98. The van der Waals surface area contributed by atoms with Crippen molar-refractivity contribution in [1.82, 2.24) is 24.2 Å². The molecule has 0 saturated carbocycles. The molecule has 4 heterocycles. The van der Waals surface area contributed by atoms with Gasteiger partial charge in [0.15, 0.2) is 0 Å². The van der Waals surface area contributed by atoms with Crippen LogP contribution in [0.15, 0.2) is 36.5 Å². The fourth-order valence-corrected chi connectivity index (χ4v) is 4.98. The molecule has 2 aliphatic rings. The highest BCUT2D eigenvalue weighted by Gasteiger charge is 2.30. The van der Waals surface area contributed by atoms with Gasteiger partial charge in [0.1, 0.15) is 11.6 Å². The summed E-state index contributed by atoms with van der Waals surface area (Å²) >= 11 is 0. The number of hydrogen-bond donors (Lipinski definition) is 0. The molecule has 2 unspecified atom stereocenters. The Kier molecular flexibility index (Phi) is 4.27. The van der Waals surface area contributed by atoms with Gasteiger partial charge in [0.25, 0.3) is 0 Å². The van der Waals surface area contributed by atoms with E-state index < -0.39 is 0 Å². The predicted octanol–water partition coefficient (Wildman–Crippen LogP) is 4.18. The molecule has 27 heavy (non-hydrogen) atoms. The van der Waals surface area contributed by atoms with Gasteiger partial charge in [-0.2, -0.15) is 0 Å². The number of fused-ring (bicyclic) bond motifs is 2. The third-order valence-electron chi connectivity index (χ3n) is 6.46. The van der Waals surface area contributed by atoms with Gasteiger partial charge in [-0.05, 0) is 43.3 Å². The Balaban J connectivity index is 1.22. The molecule has 0 radical (unpaired) electrons. The molecule has 2 atom stereocenters. The van der Waals surface area contributed by atoms with Crippen LogP contribution in [0.5, 0.6) is 0 Å². The van der Waals surface area contributed by atoms with E-state index in [1.165, 1.54) is 49.1 Å². The lowest BCUT2D eigenvalue weighted by atomic mass is 10.0. The summed E-state index contributed by atoms with van der Waals surface area (Å²) in [5, 5.41) is 10.3. The lowest BCUT2D eigenvalue weighted by molar-refractivity contribution is 0.308. The fraction of sp³-hybridized carbons (Fsp3) is 0.545. The van der Waals surface area contributed by atoms with Crippen LogP contribution in [0.2, 0.25) is 0 Å². The summed E-state index contributed by atoms with van der Waals surface area (Å²) in [7, 11) is 0. The smallest absolute Gasteiger partial charge is 0.136 e. The quantitative estimate of drug-likeness (QED) is 0.682. The lowest BCUT2D eigenvalue weighted by Gasteiger charge is -2.19. The van der Waals surface area contributed by atoms with Gasteiger partial charge in [-0.15, -0.1) is 10.2 Å². The molecule has 3 aromatic rings. The standard InChI is InChI=1S/C22H29N5/c1-16(2)21-23-24-22-18(9-14-27(21)22)7-11-25-12-10-19(15-25)26-13-8-17-5-3-4-6-20(17)26/h3-6,8,13,16,18-19H,7,9-12,14-15H2,1-2H3. The average Bonchev–Trinajstić information content (AvgIpc) is 3.42. The van der Waals surface area contributed by atoms with Crippen molar-refractivity contribution in [2.45, 2.75) is 57.5 Å². The number of nitrogens with zero attached hydrogens (tertiary/aromatic N) is 5. The summed E-state index contributed by atoms with van der Waals surface area (Å²) in [5.74, 6) is 3.43. The number of rotatable bonds is 5. The van der Waals surface area contributed by atoms with Gasteiger partial charge in [0, 0.05) is 49.2 Å². The van der Waals surface area contributed by atoms with E-state index in [1.807, 2.05) is 0 Å². The van der Waals surface area contributed by atoms with Gasteiger partial charge in [0.05, 0.1) is 0 Å². The molecule has 0 spiro atoms. The molecule has 0 N–H and O–H groups in total. The summed E-state index contributed by atoms with van der Waals surface area (Å²) in [5.41, 5.74) is 1.37. The molecule has 5 heteroatoms. The summed E-state index contributed by atoms with van der Waals surface area (Å²) < 4.78 is 4.85. The molecule has 1 saturated heterocycles. The van der Waals surface area contributed by atoms with Crippen LogP contribution in [0.1, 0.15) is 62.6 Å². The Morgan fingerprint density at radius 1 is 1.07 bits per heavy atom. The van der Waals surface area contributed by atoms with Gasteiger partial charge in [-0.25, -0.2) is 0 Å². The Bertz CT molecular complexity index is 937. The zero-order valence-electron chi connectivity index (χ0n) is 16.4. The van der Waals surface area contributed by atoms with E-state index in [9.17, 15) is 0 Å². The molecule has 5 nitrogen and oxygen atoms in total. The molecule has 1 aromatic carbocycles. The summed E-state index contributed by atoms with van der Waals surface area (Å²) in [6, 6.07) is 11.6. The average molecular weight is 364 g/mol. The number of benzene rings is 1. The van der Waals surface area contributed by atoms with Crippen molar-refractivity contribution < 1.29 is 0 Å². The maximum atomic E-state index is 4.52. The third kappa shape index (κ3) is 2.98. The maximum Gasteiger partial charge on any atom is 0.136 e. The number of likely N-dealkylation sites (tertiary alicyclic amines) is 1. The first-order valence-electron chi connectivity index (χ1n) is 10.4. The minimum Gasteiger partial charge on any atom is -0.343 e. The normalized spacial score (nSPS) is 22.9. The largest absolute Gasteiger partial charge is 0.343 e. The van der Waals surface area contributed by atoms with Crippen LogP contribution in [0.4, 0.5) is 0 Å². The molecular formula is C22H29N5. The van der Waals surface area contributed by atoms with Crippen LogP contribution in [-0.2, 0) is 6.54 Å². The predicted molar refractivity (Wildman–Crippen MR) is 108 cm³/mol. The molecule has 1 fully saturated rings. The van der Waals surface area contributed by atoms with E-state index in [-0.39, 0.29) is 0 Å². The molecule has 0 aliphatic carbocycles. The Morgan fingerprint density at radius 2 is 1.96 bits per heavy atom. The minimum atomic E-state index is 0.459. The molecule has 0 amide bonds. The molecule has 2 aliphatic heterocycles. The van der Waals surface area contributed by atoms with Crippen LogP contribution >= 0.6 is 0 Å². The topological polar surface area (TPSA) is 38.9 Å². The van der Waals surface area contributed by atoms with E-state index in [1.54, 1.807) is 0 Å². The molecule has 0 bridgehead atoms. The van der Waals surface area contributed by atoms with E-state index >= 15 is 0 Å². The first-order chi connectivity index (χ1) is 13.2. The number of hydrogen-bond acceptors (Lipinski definition) is 3. The van der Waals surface area contributed by atoms with E-state index in [0.717, 1.165) is 18.9 Å². The van der Waals surface area contributed by atoms with Crippen molar-refractivity contribution >= 4 is 10.9 Å². The zero-order chi connectivity index (χ0) is 18.4. The number of para-hydroxylation sites is 1. The van der Waals surface area contributed by atoms with E-state index in [0.29, 0.717) is 17.9 Å².